The molecule has 0 saturated heterocycles. The van der Waals surface area contributed by atoms with Gasteiger partial charge in [-0.3, -0.25) is 4.55 Å². The standard InChI is InChI=1S/C18H18F4O3S2/c1-8(2)10-5-11(9(3)4)7-12(6-10)26-17-13(19)15(21)18(27(23,24)25)16(22)14(17)20/h5-9H,1-4H3,(H,23,24,25). The lowest BCUT2D eigenvalue weighted by Crippen LogP contribution is -2.11. The Hall–Kier alpha value is -1.58. The number of rotatable bonds is 5. The first-order valence-corrected chi connectivity index (χ1v) is 10.3. The van der Waals surface area contributed by atoms with Crippen molar-refractivity contribution in [3.63, 3.8) is 0 Å². The zero-order chi connectivity index (χ0) is 20.7. The van der Waals surface area contributed by atoms with Gasteiger partial charge in [0.05, 0.1) is 4.90 Å². The third-order valence-corrected chi connectivity index (χ3v) is 5.85. The van der Waals surface area contributed by atoms with E-state index in [-0.39, 0.29) is 11.8 Å². The Morgan fingerprint density at radius 3 is 1.56 bits per heavy atom. The second-order valence-corrected chi connectivity index (χ2v) is 9.08. The smallest absolute Gasteiger partial charge is 0.282 e. The van der Waals surface area contributed by atoms with Crippen molar-refractivity contribution in [2.45, 2.75) is 54.2 Å². The van der Waals surface area contributed by atoms with E-state index in [0.29, 0.717) is 16.7 Å². The molecule has 3 nitrogen and oxygen atoms in total. The molecule has 0 amide bonds. The number of hydrogen-bond donors (Lipinski definition) is 1. The van der Waals surface area contributed by atoms with Crippen LogP contribution in [0.4, 0.5) is 17.6 Å². The monoisotopic (exact) mass is 422 g/mol. The molecule has 1 N–H and O–H groups in total. The van der Waals surface area contributed by atoms with Gasteiger partial charge in [0.15, 0.2) is 28.2 Å². The first kappa shape index (κ1) is 21.7. The maximum Gasteiger partial charge on any atom is 0.300 e. The lowest BCUT2D eigenvalue weighted by molar-refractivity contribution is 0.384. The third kappa shape index (κ3) is 4.47. The molecule has 0 spiro atoms. The second-order valence-electron chi connectivity index (χ2n) is 6.64. The van der Waals surface area contributed by atoms with Crippen molar-refractivity contribution in [1.29, 1.82) is 0 Å². The summed E-state index contributed by atoms with van der Waals surface area (Å²) < 4.78 is 87.4. The van der Waals surface area contributed by atoms with E-state index < -0.39 is 43.2 Å². The van der Waals surface area contributed by atoms with E-state index >= 15 is 0 Å². The summed E-state index contributed by atoms with van der Waals surface area (Å²) in [5.74, 6) is -7.88. The van der Waals surface area contributed by atoms with Crippen molar-refractivity contribution in [2.24, 2.45) is 0 Å². The average Bonchev–Trinajstić information content (AvgIpc) is 2.55. The molecule has 2 aromatic rings. The Labute approximate surface area is 159 Å². The van der Waals surface area contributed by atoms with Crippen molar-refractivity contribution < 1.29 is 30.5 Å². The normalized spacial score (nSPS) is 12.3. The van der Waals surface area contributed by atoms with E-state index in [1.807, 2.05) is 33.8 Å². The fourth-order valence-corrected chi connectivity index (χ4v) is 4.01. The molecule has 2 aromatic carbocycles. The molecular formula is C18H18F4O3S2. The van der Waals surface area contributed by atoms with Gasteiger partial charge in [-0.15, -0.1) is 0 Å². The first-order valence-electron chi connectivity index (χ1n) is 8.00. The molecule has 0 heterocycles. The van der Waals surface area contributed by atoms with Gasteiger partial charge >= 0.3 is 10.1 Å². The average molecular weight is 422 g/mol. The first-order chi connectivity index (χ1) is 12.3. The van der Waals surface area contributed by atoms with Crippen LogP contribution >= 0.6 is 11.8 Å². The van der Waals surface area contributed by atoms with Crippen LogP contribution in [-0.2, 0) is 10.1 Å². The minimum atomic E-state index is -5.47. The summed E-state index contributed by atoms with van der Waals surface area (Å²) in [4.78, 5) is -2.71. The Morgan fingerprint density at radius 2 is 1.22 bits per heavy atom. The van der Waals surface area contributed by atoms with E-state index in [1.165, 1.54) is 0 Å². The molecular weight excluding hydrogens is 404 g/mol. The van der Waals surface area contributed by atoms with Crippen molar-refractivity contribution in [3.05, 3.63) is 52.6 Å². The Balaban J connectivity index is 2.65. The zero-order valence-corrected chi connectivity index (χ0v) is 16.6. The van der Waals surface area contributed by atoms with E-state index in [9.17, 15) is 26.0 Å². The van der Waals surface area contributed by atoms with Crippen LogP contribution in [0, 0.1) is 23.3 Å². The summed E-state index contributed by atoms with van der Waals surface area (Å²) in [7, 11) is -5.47. The fourth-order valence-electron chi connectivity index (χ4n) is 2.40. The molecule has 0 aliphatic carbocycles. The highest BCUT2D eigenvalue weighted by Crippen LogP contribution is 2.39. The molecule has 0 bridgehead atoms. The molecule has 0 fully saturated rings. The lowest BCUT2D eigenvalue weighted by Gasteiger charge is -2.15. The van der Waals surface area contributed by atoms with Crippen LogP contribution in [0.5, 0.6) is 0 Å². The van der Waals surface area contributed by atoms with Crippen LogP contribution in [0.25, 0.3) is 0 Å². The summed E-state index contributed by atoms with van der Waals surface area (Å²) in [6.45, 7) is 7.70. The summed E-state index contributed by atoms with van der Waals surface area (Å²) in [6, 6.07) is 5.23. The van der Waals surface area contributed by atoms with Gasteiger partial charge in [-0.1, -0.05) is 45.5 Å². The molecule has 0 unspecified atom stereocenters. The maximum absolute atomic E-state index is 14.3. The van der Waals surface area contributed by atoms with Crippen molar-refractivity contribution in [2.75, 3.05) is 0 Å². The highest BCUT2D eigenvalue weighted by Gasteiger charge is 2.32. The molecule has 0 atom stereocenters. The summed E-state index contributed by atoms with van der Waals surface area (Å²) in [5.41, 5.74) is 1.75. The van der Waals surface area contributed by atoms with Crippen LogP contribution in [0.1, 0.15) is 50.7 Å². The van der Waals surface area contributed by atoms with Gasteiger partial charge in [-0.25, -0.2) is 17.6 Å². The maximum atomic E-state index is 14.3. The number of halogens is 4. The van der Waals surface area contributed by atoms with Gasteiger partial charge in [-0.2, -0.15) is 8.42 Å². The predicted molar refractivity (Wildman–Crippen MR) is 94.8 cm³/mol. The van der Waals surface area contributed by atoms with Crippen LogP contribution in [-0.4, -0.2) is 13.0 Å². The molecule has 0 radical (unpaired) electrons. The van der Waals surface area contributed by atoms with Gasteiger partial charge in [0.2, 0.25) is 0 Å². The van der Waals surface area contributed by atoms with Crippen molar-refractivity contribution in [3.8, 4) is 0 Å². The van der Waals surface area contributed by atoms with Crippen molar-refractivity contribution >= 4 is 21.9 Å². The van der Waals surface area contributed by atoms with E-state index in [2.05, 4.69) is 0 Å². The van der Waals surface area contributed by atoms with Crippen LogP contribution in [0.15, 0.2) is 32.9 Å². The Kier molecular flexibility index (Phi) is 6.28. The number of benzene rings is 2. The SMILES string of the molecule is CC(C)c1cc(Sc2c(F)c(F)c(S(=O)(=O)O)c(F)c2F)cc(C(C)C)c1. The zero-order valence-electron chi connectivity index (χ0n) is 15.0. The summed E-state index contributed by atoms with van der Waals surface area (Å²) in [5, 5.41) is 0. The van der Waals surface area contributed by atoms with E-state index in [4.69, 9.17) is 4.55 Å². The van der Waals surface area contributed by atoms with E-state index in [0.717, 1.165) is 11.1 Å². The molecule has 27 heavy (non-hydrogen) atoms. The largest absolute Gasteiger partial charge is 0.300 e. The second kappa shape index (κ2) is 7.81. The minimum absolute atomic E-state index is 0.105. The van der Waals surface area contributed by atoms with Crippen LogP contribution < -0.4 is 0 Å². The van der Waals surface area contributed by atoms with Gasteiger partial charge in [-0.05, 0) is 35.1 Å². The predicted octanol–water partition coefficient (Wildman–Crippen LogP) is 5.89. The molecule has 0 aliphatic rings. The summed E-state index contributed by atoms with van der Waals surface area (Å²) >= 11 is 0.445. The van der Waals surface area contributed by atoms with Gasteiger partial charge < -0.3 is 0 Å². The molecule has 9 heteroatoms. The minimum Gasteiger partial charge on any atom is -0.282 e. The molecule has 0 aromatic heterocycles. The molecule has 0 saturated carbocycles. The van der Waals surface area contributed by atoms with Crippen LogP contribution in [0.2, 0.25) is 0 Å². The van der Waals surface area contributed by atoms with Gasteiger partial charge in [0.25, 0.3) is 0 Å². The topological polar surface area (TPSA) is 54.4 Å². The highest BCUT2D eigenvalue weighted by molar-refractivity contribution is 7.99. The fraction of sp³-hybridized carbons (Fsp3) is 0.333. The van der Waals surface area contributed by atoms with Crippen LogP contribution in [0.3, 0.4) is 0 Å². The highest BCUT2D eigenvalue weighted by atomic mass is 32.2. The molecule has 2 rings (SSSR count). The Bertz CT molecular complexity index is 931. The quantitative estimate of drug-likeness (QED) is 0.371. The lowest BCUT2D eigenvalue weighted by atomic mass is 9.96. The van der Waals surface area contributed by atoms with Gasteiger partial charge in [0.1, 0.15) is 0 Å². The van der Waals surface area contributed by atoms with E-state index in [1.54, 1.807) is 12.1 Å². The Morgan fingerprint density at radius 1 is 0.815 bits per heavy atom. The van der Waals surface area contributed by atoms with Crippen molar-refractivity contribution in [1.82, 2.24) is 0 Å². The third-order valence-electron chi connectivity index (χ3n) is 3.95. The molecule has 0 aliphatic heterocycles. The summed E-state index contributed by atoms with van der Waals surface area (Å²) in [6.07, 6.45) is 0. The number of hydrogen-bond acceptors (Lipinski definition) is 3. The van der Waals surface area contributed by atoms with Gasteiger partial charge in [0, 0.05) is 4.90 Å². The molecule has 148 valence electrons.